The first kappa shape index (κ1) is 18.9. The number of anilines is 2. The van der Waals surface area contributed by atoms with E-state index in [-0.39, 0.29) is 5.96 Å². The first-order valence-electron chi connectivity index (χ1n) is 7.13. The zero-order valence-corrected chi connectivity index (χ0v) is 15.5. The normalized spacial score (nSPS) is 11.8. The van der Waals surface area contributed by atoms with Crippen LogP contribution in [0.2, 0.25) is 5.02 Å². The van der Waals surface area contributed by atoms with Crippen LogP contribution in [0.4, 0.5) is 11.4 Å². The minimum atomic E-state index is -3.64. The summed E-state index contributed by atoms with van der Waals surface area (Å²) >= 11 is 6.14. The second-order valence-electron chi connectivity index (χ2n) is 4.98. The first-order valence-corrected chi connectivity index (χ1v) is 9.35. The SMILES string of the molecule is COc1cc(OC)c(N/C(=N\S(C)(=O)=O)Nc2ccccc2)cc1Cl. The summed E-state index contributed by atoms with van der Waals surface area (Å²) in [6.07, 6.45) is 1.000. The molecule has 0 bridgehead atoms. The second kappa shape index (κ2) is 8.09. The van der Waals surface area contributed by atoms with Gasteiger partial charge in [0, 0.05) is 11.8 Å². The Bertz CT molecular complexity index is 870. The van der Waals surface area contributed by atoms with Crippen molar-refractivity contribution in [3.05, 3.63) is 47.5 Å². The molecule has 7 nitrogen and oxygen atoms in total. The predicted octanol–water partition coefficient (Wildman–Crippen LogP) is 3.20. The maximum absolute atomic E-state index is 11.6. The Morgan fingerprint density at radius 2 is 1.68 bits per heavy atom. The molecule has 2 aromatic carbocycles. The topological polar surface area (TPSA) is 89.0 Å². The molecule has 2 rings (SSSR count). The van der Waals surface area contributed by atoms with Crippen molar-refractivity contribution in [2.24, 2.45) is 4.40 Å². The highest BCUT2D eigenvalue weighted by molar-refractivity contribution is 7.89. The van der Waals surface area contributed by atoms with Crippen molar-refractivity contribution >= 4 is 39.0 Å². The monoisotopic (exact) mass is 383 g/mol. The van der Waals surface area contributed by atoms with Crippen LogP contribution < -0.4 is 20.1 Å². The molecule has 0 heterocycles. The lowest BCUT2D eigenvalue weighted by atomic mass is 10.2. The molecule has 2 N–H and O–H groups in total. The summed E-state index contributed by atoms with van der Waals surface area (Å²) in [5, 5.41) is 6.14. The number of nitrogens with zero attached hydrogens (tertiary/aromatic N) is 1. The van der Waals surface area contributed by atoms with Crippen LogP contribution in [0.1, 0.15) is 0 Å². The number of hydrogen-bond donors (Lipinski definition) is 2. The van der Waals surface area contributed by atoms with E-state index < -0.39 is 10.0 Å². The zero-order chi connectivity index (χ0) is 18.4. The molecule has 0 aromatic heterocycles. The Morgan fingerprint density at radius 3 is 2.24 bits per heavy atom. The lowest BCUT2D eigenvalue weighted by Gasteiger charge is -2.16. The molecular formula is C16H18ClN3O4S. The summed E-state index contributed by atoms with van der Waals surface area (Å²) in [6.45, 7) is 0. The van der Waals surface area contributed by atoms with Crippen LogP contribution in [0.5, 0.6) is 11.5 Å². The average Bonchev–Trinajstić information content (AvgIpc) is 2.54. The number of para-hydroxylation sites is 1. The van der Waals surface area contributed by atoms with Crippen LogP contribution in [0, 0.1) is 0 Å². The highest BCUT2D eigenvalue weighted by Crippen LogP contribution is 2.35. The Morgan fingerprint density at radius 1 is 1.04 bits per heavy atom. The number of nitrogens with one attached hydrogen (secondary N) is 2. The average molecular weight is 384 g/mol. The largest absolute Gasteiger partial charge is 0.495 e. The number of rotatable bonds is 5. The van der Waals surface area contributed by atoms with Crippen molar-refractivity contribution in [3.8, 4) is 11.5 Å². The van der Waals surface area contributed by atoms with Crippen LogP contribution in [0.25, 0.3) is 0 Å². The van der Waals surface area contributed by atoms with Gasteiger partial charge in [0.05, 0.1) is 31.2 Å². The molecule has 0 atom stereocenters. The molecule has 0 radical (unpaired) electrons. The minimum Gasteiger partial charge on any atom is -0.495 e. The molecule has 2 aromatic rings. The third kappa shape index (κ3) is 5.54. The second-order valence-corrected chi connectivity index (χ2v) is 7.03. The van der Waals surface area contributed by atoms with Gasteiger partial charge in [0.25, 0.3) is 10.0 Å². The number of sulfonamides is 1. The van der Waals surface area contributed by atoms with E-state index >= 15 is 0 Å². The van der Waals surface area contributed by atoms with Gasteiger partial charge in [-0.1, -0.05) is 29.8 Å². The molecule has 0 aliphatic carbocycles. The number of benzene rings is 2. The van der Waals surface area contributed by atoms with Crippen LogP contribution in [0.15, 0.2) is 46.9 Å². The Balaban J connectivity index is 2.40. The first-order chi connectivity index (χ1) is 11.8. The minimum absolute atomic E-state index is 0.00762. The molecular weight excluding hydrogens is 366 g/mol. The molecule has 0 aliphatic rings. The molecule has 0 fully saturated rings. The third-order valence-electron chi connectivity index (χ3n) is 3.02. The molecule has 0 spiro atoms. The van der Waals surface area contributed by atoms with Crippen molar-refractivity contribution in [3.63, 3.8) is 0 Å². The van der Waals surface area contributed by atoms with Crippen LogP contribution >= 0.6 is 11.6 Å². The van der Waals surface area contributed by atoms with Gasteiger partial charge in [-0.15, -0.1) is 4.40 Å². The van der Waals surface area contributed by atoms with Crippen LogP contribution in [-0.4, -0.2) is 34.9 Å². The van der Waals surface area contributed by atoms with Gasteiger partial charge in [-0.2, -0.15) is 0 Å². The van der Waals surface area contributed by atoms with Gasteiger partial charge in [-0.05, 0) is 18.2 Å². The number of ether oxygens (including phenoxy) is 2. The molecule has 9 heteroatoms. The fourth-order valence-corrected chi connectivity index (χ4v) is 2.65. The Labute approximate surface area is 151 Å². The van der Waals surface area contributed by atoms with Gasteiger partial charge >= 0.3 is 0 Å². The number of hydrogen-bond acceptors (Lipinski definition) is 4. The van der Waals surface area contributed by atoms with E-state index in [4.69, 9.17) is 21.1 Å². The quantitative estimate of drug-likeness (QED) is 0.608. The summed E-state index contributed by atoms with van der Waals surface area (Å²) in [4.78, 5) is 0. The van der Waals surface area contributed by atoms with E-state index in [1.165, 1.54) is 14.2 Å². The highest BCUT2D eigenvalue weighted by Gasteiger charge is 2.13. The van der Waals surface area contributed by atoms with E-state index in [0.717, 1.165) is 6.26 Å². The summed E-state index contributed by atoms with van der Waals surface area (Å²) in [5.41, 5.74) is 1.09. The van der Waals surface area contributed by atoms with E-state index in [1.54, 1.807) is 24.3 Å². The molecule has 0 amide bonds. The van der Waals surface area contributed by atoms with Gasteiger partial charge in [0.15, 0.2) is 0 Å². The molecule has 0 aliphatic heterocycles. The van der Waals surface area contributed by atoms with Gasteiger partial charge < -0.3 is 20.1 Å². The lowest BCUT2D eigenvalue weighted by Crippen LogP contribution is -2.23. The summed E-state index contributed by atoms with van der Waals surface area (Å²) in [6, 6.07) is 12.2. The van der Waals surface area contributed by atoms with E-state index in [9.17, 15) is 8.42 Å². The van der Waals surface area contributed by atoms with E-state index in [0.29, 0.717) is 27.9 Å². The number of methoxy groups -OCH3 is 2. The van der Waals surface area contributed by atoms with Crippen molar-refractivity contribution in [2.45, 2.75) is 0 Å². The maximum Gasteiger partial charge on any atom is 0.253 e. The smallest absolute Gasteiger partial charge is 0.253 e. The fraction of sp³-hybridized carbons (Fsp3) is 0.188. The van der Waals surface area contributed by atoms with Crippen molar-refractivity contribution in [1.82, 2.24) is 0 Å². The molecule has 0 unspecified atom stereocenters. The van der Waals surface area contributed by atoms with Gasteiger partial charge in [0.2, 0.25) is 5.96 Å². The van der Waals surface area contributed by atoms with E-state index in [2.05, 4.69) is 15.0 Å². The Kier molecular flexibility index (Phi) is 6.11. The number of halogens is 1. The summed E-state index contributed by atoms with van der Waals surface area (Å²) in [7, 11) is -0.676. The van der Waals surface area contributed by atoms with Crippen molar-refractivity contribution in [2.75, 3.05) is 31.1 Å². The third-order valence-corrected chi connectivity index (χ3v) is 3.83. The molecule has 134 valence electrons. The maximum atomic E-state index is 11.6. The van der Waals surface area contributed by atoms with E-state index in [1.807, 2.05) is 18.2 Å². The summed E-state index contributed by atoms with van der Waals surface area (Å²) < 4.78 is 37.3. The fourth-order valence-electron chi connectivity index (χ4n) is 1.99. The zero-order valence-electron chi connectivity index (χ0n) is 13.9. The highest BCUT2D eigenvalue weighted by atomic mass is 35.5. The Hall–Kier alpha value is -2.45. The molecule has 0 saturated carbocycles. The van der Waals surface area contributed by atoms with Crippen LogP contribution in [0.3, 0.4) is 0 Å². The molecule has 25 heavy (non-hydrogen) atoms. The van der Waals surface area contributed by atoms with Crippen molar-refractivity contribution in [1.29, 1.82) is 0 Å². The van der Waals surface area contributed by atoms with Gasteiger partial charge in [-0.3, -0.25) is 0 Å². The standard InChI is InChI=1S/C16H18ClN3O4S/c1-23-14-10-15(24-2)13(9-12(14)17)19-16(20-25(3,21)22)18-11-7-5-4-6-8-11/h4-10H,1-3H3,(H2,18,19,20). The van der Waals surface area contributed by atoms with Crippen LogP contribution in [-0.2, 0) is 10.0 Å². The lowest BCUT2D eigenvalue weighted by molar-refractivity contribution is 0.396. The van der Waals surface area contributed by atoms with Gasteiger partial charge in [-0.25, -0.2) is 8.42 Å². The van der Waals surface area contributed by atoms with Crippen molar-refractivity contribution < 1.29 is 17.9 Å². The predicted molar refractivity (Wildman–Crippen MR) is 101 cm³/mol. The molecule has 0 saturated heterocycles. The summed E-state index contributed by atoms with van der Waals surface area (Å²) in [5.74, 6) is 0.854. The van der Waals surface area contributed by atoms with Gasteiger partial charge in [0.1, 0.15) is 11.5 Å². The number of guanidine groups is 1.